The number of hydrogen-bond donors (Lipinski definition) is 2. The highest BCUT2D eigenvalue weighted by Gasteiger charge is 2.22. The monoisotopic (exact) mass is 409 g/mol. The number of methoxy groups -OCH3 is 1. The van der Waals surface area contributed by atoms with Gasteiger partial charge in [-0.15, -0.1) is 0 Å². The molecule has 158 valence electrons. The first-order valence-electron chi connectivity index (χ1n) is 10.4. The number of carbonyl (C=O) groups excluding carboxylic acids is 1. The Kier molecular flexibility index (Phi) is 6.07. The molecule has 30 heavy (non-hydrogen) atoms. The molecule has 3 aromatic rings. The molecule has 0 saturated heterocycles. The molecule has 1 aromatic carbocycles. The maximum absolute atomic E-state index is 13.1. The van der Waals surface area contributed by atoms with Gasteiger partial charge < -0.3 is 24.4 Å². The molecule has 7 nitrogen and oxygen atoms in total. The summed E-state index contributed by atoms with van der Waals surface area (Å²) in [6.07, 6.45) is 7.07. The van der Waals surface area contributed by atoms with E-state index in [1.54, 1.807) is 30.4 Å². The van der Waals surface area contributed by atoms with Gasteiger partial charge in [-0.1, -0.05) is 19.3 Å². The second kappa shape index (κ2) is 9.07. The van der Waals surface area contributed by atoms with Crippen LogP contribution in [0.3, 0.4) is 0 Å². The third-order valence-electron chi connectivity index (χ3n) is 5.64. The second-order valence-electron chi connectivity index (χ2n) is 7.80. The lowest BCUT2D eigenvalue weighted by atomic mass is 9.96. The highest BCUT2D eigenvalue weighted by atomic mass is 16.5. The first kappa shape index (κ1) is 20.1. The van der Waals surface area contributed by atoms with Crippen LogP contribution in [0.25, 0.3) is 10.9 Å². The van der Waals surface area contributed by atoms with Crippen LogP contribution in [0.15, 0.2) is 51.9 Å². The Morgan fingerprint density at radius 1 is 1.20 bits per heavy atom. The van der Waals surface area contributed by atoms with E-state index in [9.17, 15) is 9.59 Å². The first-order valence-corrected chi connectivity index (χ1v) is 10.4. The molecule has 1 fully saturated rings. The summed E-state index contributed by atoms with van der Waals surface area (Å²) in [5.74, 6) is 1.38. The summed E-state index contributed by atoms with van der Waals surface area (Å²) in [5.41, 5.74) is 1.04. The van der Waals surface area contributed by atoms with E-state index in [0.717, 1.165) is 36.6 Å². The third kappa shape index (κ3) is 4.67. The average Bonchev–Trinajstić information content (AvgIpc) is 3.27. The molecule has 1 saturated carbocycles. The van der Waals surface area contributed by atoms with E-state index in [2.05, 4.69) is 10.3 Å². The SMILES string of the molecule is COc1ccc2[nH]c(=O)c(CN(Cc3ccco3)C(=O)NC3CCCCC3)cc2c1. The van der Waals surface area contributed by atoms with Crippen LogP contribution in [0.5, 0.6) is 5.75 Å². The highest BCUT2D eigenvalue weighted by molar-refractivity contribution is 5.81. The van der Waals surface area contributed by atoms with E-state index in [1.165, 1.54) is 6.42 Å². The number of H-pyrrole nitrogens is 1. The van der Waals surface area contributed by atoms with E-state index in [0.29, 0.717) is 23.6 Å². The largest absolute Gasteiger partial charge is 0.497 e. The topological polar surface area (TPSA) is 87.6 Å². The van der Waals surface area contributed by atoms with Crippen molar-refractivity contribution < 1.29 is 13.9 Å². The van der Waals surface area contributed by atoms with E-state index >= 15 is 0 Å². The predicted octanol–water partition coefficient (Wildman–Crippen LogP) is 4.17. The average molecular weight is 409 g/mol. The number of ether oxygens (including phenoxy) is 1. The number of aromatic amines is 1. The zero-order valence-corrected chi connectivity index (χ0v) is 17.1. The molecule has 2 amide bonds. The maximum Gasteiger partial charge on any atom is 0.318 e. The molecule has 0 spiro atoms. The number of nitrogens with one attached hydrogen (secondary N) is 2. The molecule has 2 aromatic heterocycles. The van der Waals surface area contributed by atoms with Crippen molar-refractivity contribution in [3.8, 4) is 5.75 Å². The van der Waals surface area contributed by atoms with Gasteiger partial charge in [0.15, 0.2) is 0 Å². The van der Waals surface area contributed by atoms with E-state index < -0.39 is 0 Å². The van der Waals surface area contributed by atoms with E-state index in [-0.39, 0.29) is 24.2 Å². The summed E-state index contributed by atoms with van der Waals surface area (Å²) in [4.78, 5) is 30.3. The molecular formula is C23H27N3O4. The lowest BCUT2D eigenvalue weighted by Gasteiger charge is -2.28. The van der Waals surface area contributed by atoms with Crippen LogP contribution in [0.2, 0.25) is 0 Å². The summed E-state index contributed by atoms with van der Waals surface area (Å²) in [7, 11) is 1.61. The summed E-state index contributed by atoms with van der Waals surface area (Å²) in [6.45, 7) is 0.475. The van der Waals surface area contributed by atoms with Gasteiger partial charge in [0.2, 0.25) is 0 Å². The molecule has 0 bridgehead atoms. The molecule has 0 atom stereocenters. The Morgan fingerprint density at radius 3 is 2.77 bits per heavy atom. The van der Waals surface area contributed by atoms with Gasteiger partial charge in [-0.2, -0.15) is 0 Å². The number of carbonyl (C=O) groups is 1. The Labute approximate surface area is 175 Å². The van der Waals surface area contributed by atoms with Crippen molar-refractivity contribution in [2.75, 3.05) is 7.11 Å². The number of amides is 2. The molecule has 0 radical (unpaired) electrons. The number of fused-ring (bicyclic) bond motifs is 1. The number of pyridine rings is 1. The minimum Gasteiger partial charge on any atom is -0.497 e. The van der Waals surface area contributed by atoms with Crippen LogP contribution in [-0.2, 0) is 13.1 Å². The molecule has 4 rings (SSSR count). The number of nitrogens with zero attached hydrogens (tertiary/aromatic N) is 1. The van der Waals surface area contributed by atoms with E-state index in [4.69, 9.17) is 9.15 Å². The molecule has 1 aliphatic rings. The Hall–Kier alpha value is -3.22. The van der Waals surface area contributed by atoms with Crippen molar-refractivity contribution in [3.63, 3.8) is 0 Å². The van der Waals surface area contributed by atoms with Crippen LogP contribution in [0.1, 0.15) is 43.4 Å². The number of furan rings is 1. The molecule has 0 unspecified atom stereocenters. The number of urea groups is 1. The third-order valence-corrected chi connectivity index (χ3v) is 5.64. The zero-order valence-electron chi connectivity index (χ0n) is 17.1. The van der Waals surface area contributed by atoms with Crippen molar-refractivity contribution in [3.05, 3.63) is 64.3 Å². The molecular weight excluding hydrogens is 382 g/mol. The zero-order chi connectivity index (χ0) is 20.9. The summed E-state index contributed by atoms with van der Waals surface area (Å²) in [6, 6.07) is 10.9. The first-order chi connectivity index (χ1) is 14.6. The van der Waals surface area contributed by atoms with Gasteiger partial charge in [0.1, 0.15) is 11.5 Å². The predicted molar refractivity (Wildman–Crippen MR) is 114 cm³/mol. The fraction of sp³-hybridized carbons (Fsp3) is 0.391. The van der Waals surface area contributed by atoms with E-state index in [1.807, 2.05) is 24.3 Å². The molecule has 0 aliphatic heterocycles. The minimum atomic E-state index is -0.206. The van der Waals surface area contributed by atoms with Gasteiger partial charge >= 0.3 is 6.03 Å². The van der Waals surface area contributed by atoms with Crippen molar-refractivity contribution >= 4 is 16.9 Å². The lowest BCUT2D eigenvalue weighted by Crippen LogP contribution is -2.45. The fourth-order valence-corrected chi connectivity index (χ4v) is 3.98. The number of rotatable bonds is 6. The number of aromatic nitrogens is 1. The van der Waals surface area contributed by atoms with Crippen LogP contribution < -0.4 is 15.6 Å². The molecule has 2 N–H and O–H groups in total. The van der Waals surface area contributed by atoms with Crippen LogP contribution in [0, 0.1) is 0 Å². The van der Waals surface area contributed by atoms with Crippen molar-refractivity contribution in [1.29, 1.82) is 0 Å². The van der Waals surface area contributed by atoms with Crippen LogP contribution >= 0.6 is 0 Å². The van der Waals surface area contributed by atoms with Gasteiger partial charge in [0, 0.05) is 22.5 Å². The normalized spacial score (nSPS) is 14.6. The van der Waals surface area contributed by atoms with Gasteiger partial charge in [-0.05, 0) is 49.2 Å². The van der Waals surface area contributed by atoms with Gasteiger partial charge in [0.05, 0.1) is 26.5 Å². The van der Waals surface area contributed by atoms with Crippen molar-refractivity contribution in [2.45, 2.75) is 51.2 Å². The van der Waals surface area contributed by atoms with Crippen molar-refractivity contribution in [1.82, 2.24) is 15.2 Å². The van der Waals surface area contributed by atoms with Gasteiger partial charge in [-0.3, -0.25) is 4.79 Å². The smallest absolute Gasteiger partial charge is 0.318 e. The van der Waals surface area contributed by atoms with Crippen molar-refractivity contribution in [2.24, 2.45) is 0 Å². The minimum absolute atomic E-state index is 0.177. The summed E-state index contributed by atoms with van der Waals surface area (Å²) >= 11 is 0. The van der Waals surface area contributed by atoms with Crippen LogP contribution in [0.4, 0.5) is 4.79 Å². The second-order valence-corrected chi connectivity index (χ2v) is 7.80. The molecule has 7 heteroatoms. The standard InChI is InChI=1S/C23H27N3O4/c1-29-19-9-10-21-16(13-19)12-17(22(27)25-21)14-26(15-20-8-5-11-30-20)23(28)24-18-6-3-2-4-7-18/h5,8-13,18H,2-4,6-7,14-15H2,1H3,(H,24,28)(H,25,27). The maximum atomic E-state index is 13.1. The Morgan fingerprint density at radius 2 is 2.03 bits per heavy atom. The Bertz CT molecular complexity index is 1050. The quantitative estimate of drug-likeness (QED) is 0.639. The summed E-state index contributed by atoms with van der Waals surface area (Å²) in [5, 5.41) is 4.00. The van der Waals surface area contributed by atoms with Gasteiger partial charge in [-0.25, -0.2) is 4.79 Å². The number of benzene rings is 1. The summed E-state index contributed by atoms with van der Waals surface area (Å²) < 4.78 is 10.7. The molecule has 1 aliphatic carbocycles. The number of hydrogen-bond acceptors (Lipinski definition) is 4. The highest BCUT2D eigenvalue weighted by Crippen LogP contribution is 2.21. The van der Waals surface area contributed by atoms with Gasteiger partial charge in [0.25, 0.3) is 5.56 Å². The lowest BCUT2D eigenvalue weighted by molar-refractivity contribution is 0.179. The molecule has 2 heterocycles. The Balaban J connectivity index is 1.59. The van der Waals surface area contributed by atoms with Crippen LogP contribution in [-0.4, -0.2) is 29.1 Å². The fourth-order valence-electron chi connectivity index (χ4n) is 3.98.